The van der Waals surface area contributed by atoms with Crippen LogP contribution < -0.4 is 14.8 Å². The van der Waals surface area contributed by atoms with Gasteiger partial charge in [0.05, 0.1) is 12.6 Å². The molecule has 2 aromatic carbocycles. The van der Waals surface area contributed by atoms with E-state index in [2.05, 4.69) is 34.3 Å². The fraction of sp³-hybridized carbons (Fsp3) is 0.400. The van der Waals surface area contributed by atoms with E-state index in [1.807, 2.05) is 35.2 Å². The topological polar surface area (TPSA) is 85.8 Å². The van der Waals surface area contributed by atoms with Crippen LogP contribution in [0.25, 0.3) is 10.9 Å². The van der Waals surface area contributed by atoms with Crippen molar-refractivity contribution in [1.29, 1.82) is 0 Å². The summed E-state index contributed by atoms with van der Waals surface area (Å²) in [6, 6.07) is 14.1. The van der Waals surface area contributed by atoms with Gasteiger partial charge in [-0.25, -0.2) is 9.97 Å². The first kappa shape index (κ1) is 22.8. The number of anilines is 1. The number of piperidine rings is 1. The zero-order chi connectivity index (χ0) is 23.2. The molecule has 0 unspecified atom stereocenters. The molecular formula is C25H30N4O4. The highest BCUT2D eigenvalue weighted by Gasteiger charge is 2.25. The molecule has 1 aliphatic rings. The largest absolute Gasteiger partial charge is 0.493 e. The van der Waals surface area contributed by atoms with E-state index in [4.69, 9.17) is 14.2 Å². The van der Waals surface area contributed by atoms with Gasteiger partial charge >= 0.3 is 0 Å². The summed E-state index contributed by atoms with van der Waals surface area (Å²) in [4.78, 5) is 22.8. The van der Waals surface area contributed by atoms with E-state index >= 15 is 0 Å². The third kappa shape index (κ3) is 5.34. The predicted molar refractivity (Wildman–Crippen MR) is 127 cm³/mol. The van der Waals surface area contributed by atoms with Crippen molar-refractivity contribution >= 4 is 22.6 Å². The van der Waals surface area contributed by atoms with E-state index in [0.29, 0.717) is 24.6 Å². The van der Waals surface area contributed by atoms with Crippen LogP contribution in [0.1, 0.15) is 31.4 Å². The SMILES string of the molecule is COCC(=O)N1CCC(Oc2cc3c(N[C@H](C)c4ccccc4)ncnc3cc2OC)CC1. The average Bonchev–Trinajstić information content (AvgIpc) is 2.85. The van der Waals surface area contributed by atoms with Crippen LogP contribution in [0.3, 0.4) is 0 Å². The Balaban J connectivity index is 1.53. The minimum atomic E-state index is -0.00720. The van der Waals surface area contributed by atoms with Gasteiger partial charge in [0.25, 0.3) is 0 Å². The van der Waals surface area contributed by atoms with Crippen LogP contribution in [0.15, 0.2) is 48.8 Å². The molecule has 1 N–H and O–H groups in total. The van der Waals surface area contributed by atoms with Crippen molar-refractivity contribution in [1.82, 2.24) is 14.9 Å². The molecule has 1 aliphatic heterocycles. The lowest BCUT2D eigenvalue weighted by molar-refractivity contribution is -0.136. The molecule has 3 aromatic rings. The number of amides is 1. The highest BCUT2D eigenvalue weighted by atomic mass is 16.5. The summed E-state index contributed by atoms with van der Waals surface area (Å²) in [5, 5.41) is 4.36. The predicted octanol–water partition coefficient (Wildman–Crippen LogP) is 3.83. The Labute approximate surface area is 193 Å². The minimum Gasteiger partial charge on any atom is -0.493 e. The second-order valence-electron chi connectivity index (χ2n) is 8.15. The number of carbonyl (C=O) groups is 1. The maximum atomic E-state index is 12.1. The van der Waals surface area contributed by atoms with Gasteiger partial charge in [-0.05, 0) is 18.6 Å². The third-order valence-corrected chi connectivity index (χ3v) is 5.93. The number of carbonyl (C=O) groups excluding carboxylic acids is 1. The number of hydrogen-bond acceptors (Lipinski definition) is 7. The molecule has 4 rings (SSSR count). The van der Waals surface area contributed by atoms with Gasteiger partial charge in [-0.15, -0.1) is 0 Å². The van der Waals surface area contributed by atoms with Gasteiger partial charge < -0.3 is 24.4 Å². The Hall–Kier alpha value is -3.39. The number of rotatable bonds is 8. The summed E-state index contributed by atoms with van der Waals surface area (Å²) in [5.74, 6) is 2.03. The highest BCUT2D eigenvalue weighted by molar-refractivity contribution is 5.91. The van der Waals surface area contributed by atoms with Crippen molar-refractivity contribution in [2.24, 2.45) is 0 Å². The Bertz CT molecular complexity index is 1080. The molecular weight excluding hydrogens is 420 g/mol. The van der Waals surface area contributed by atoms with Crippen molar-refractivity contribution in [3.63, 3.8) is 0 Å². The third-order valence-electron chi connectivity index (χ3n) is 5.93. The first-order valence-corrected chi connectivity index (χ1v) is 11.2. The zero-order valence-corrected chi connectivity index (χ0v) is 19.3. The van der Waals surface area contributed by atoms with E-state index in [-0.39, 0.29) is 24.7 Å². The van der Waals surface area contributed by atoms with Gasteiger partial charge in [-0.2, -0.15) is 0 Å². The maximum absolute atomic E-state index is 12.1. The number of hydrogen-bond donors (Lipinski definition) is 1. The Kier molecular flexibility index (Phi) is 7.24. The van der Waals surface area contributed by atoms with E-state index in [1.54, 1.807) is 13.4 Å². The van der Waals surface area contributed by atoms with Crippen molar-refractivity contribution < 1.29 is 19.0 Å². The number of ether oxygens (including phenoxy) is 3. The highest BCUT2D eigenvalue weighted by Crippen LogP contribution is 2.36. The molecule has 1 atom stereocenters. The van der Waals surface area contributed by atoms with Crippen LogP contribution in [0.4, 0.5) is 5.82 Å². The van der Waals surface area contributed by atoms with Gasteiger partial charge in [0.1, 0.15) is 24.9 Å². The zero-order valence-electron chi connectivity index (χ0n) is 19.3. The fourth-order valence-electron chi connectivity index (χ4n) is 4.08. The summed E-state index contributed by atoms with van der Waals surface area (Å²) in [6.45, 7) is 3.50. The summed E-state index contributed by atoms with van der Waals surface area (Å²) < 4.78 is 16.9. The molecule has 1 fully saturated rings. The number of aromatic nitrogens is 2. The summed E-state index contributed by atoms with van der Waals surface area (Å²) in [5.41, 5.74) is 1.95. The maximum Gasteiger partial charge on any atom is 0.248 e. The van der Waals surface area contributed by atoms with Gasteiger partial charge in [0.2, 0.25) is 5.91 Å². The van der Waals surface area contributed by atoms with Crippen LogP contribution in [-0.2, 0) is 9.53 Å². The summed E-state index contributed by atoms with van der Waals surface area (Å²) in [7, 11) is 3.16. The van der Waals surface area contributed by atoms with Crippen molar-refractivity contribution in [2.75, 3.05) is 39.2 Å². The standard InChI is InChI=1S/C25H30N4O4/c1-17(18-7-5-4-6-8-18)28-25-20-13-23(22(32-3)14-21(20)26-16-27-25)33-19-9-11-29(12-10-19)24(30)15-31-2/h4-8,13-14,16-17,19H,9-12,15H2,1-3H3,(H,26,27,28)/t17-/m1/s1. The first-order valence-electron chi connectivity index (χ1n) is 11.2. The molecule has 0 spiro atoms. The fourth-order valence-corrected chi connectivity index (χ4v) is 4.08. The molecule has 0 bridgehead atoms. The van der Waals surface area contributed by atoms with Crippen LogP contribution in [-0.4, -0.2) is 60.8 Å². The Morgan fingerprint density at radius 1 is 1.12 bits per heavy atom. The molecule has 8 heteroatoms. The average molecular weight is 451 g/mol. The monoisotopic (exact) mass is 450 g/mol. The molecule has 0 radical (unpaired) electrons. The number of fused-ring (bicyclic) bond motifs is 1. The Morgan fingerprint density at radius 3 is 2.58 bits per heavy atom. The van der Waals surface area contributed by atoms with Crippen molar-refractivity contribution in [2.45, 2.75) is 31.9 Å². The molecule has 1 amide bonds. The molecule has 33 heavy (non-hydrogen) atoms. The van der Waals surface area contributed by atoms with Gasteiger partial charge in [-0.3, -0.25) is 4.79 Å². The summed E-state index contributed by atoms with van der Waals surface area (Å²) in [6.07, 6.45) is 3.04. The normalized spacial score (nSPS) is 15.3. The molecule has 1 aromatic heterocycles. The van der Waals surface area contributed by atoms with E-state index in [0.717, 1.165) is 29.6 Å². The van der Waals surface area contributed by atoms with Gasteiger partial charge in [0, 0.05) is 50.5 Å². The molecule has 174 valence electrons. The number of likely N-dealkylation sites (tertiary alicyclic amines) is 1. The lowest BCUT2D eigenvalue weighted by Gasteiger charge is -2.32. The van der Waals surface area contributed by atoms with Crippen molar-refractivity contribution in [3.05, 3.63) is 54.4 Å². The van der Waals surface area contributed by atoms with Crippen LogP contribution in [0.5, 0.6) is 11.5 Å². The van der Waals surface area contributed by atoms with Crippen LogP contribution in [0, 0.1) is 0 Å². The second kappa shape index (κ2) is 10.5. The Morgan fingerprint density at radius 2 is 1.88 bits per heavy atom. The number of nitrogens with zero attached hydrogens (tertiary/aromatic N) is 3. The second-order valence-corrected chi connectivity index (χ2v) is 8.15. The van der Waals surface area contributed by atoms with Crippen LogP contribution >= 0.6 is 0 Å². The number of methoxy groups -OCH3 is 2. The van der Waals surface area contributed by atoms with Crippen molar-refractivity contribution in [3.8, 4) is 11.5 Å². The van der Waals surface area contributed by atoms with E-state index < -0.39 is 0 Å². The quantitative estimate of drug-likeness (QED) is 0.558. The smallest absolute Gasteiger partial charge is 0.248 e. The van der Waals surface area contributed by atoms with Gasteiger partial charge in [-0.1, -0.05) is 30.3 Å². The minimum absolute atomic E-state index is 0.00720. The summed E-state index contributed by atoms with van der Waals surface area (Å²) >= 11 is 0. The molecule has 8 nitrogen and oxygen atoms in total. The van der Waals surface area contributed by atoms with Crippen LogP contribution in [0.2, 0.25) is 0 Å². The van der Waals surface area contributed by atoms with E-state index in [9.17, 15) is 4.79 Å². The van der Waals surface area contributed by atoms with Gasteiger partial charge in [0.15, 0.2) is 11.5 Å². The molecule has 1 saturated heterocycles. The molecule has 2 heterocycles. The molecule has 0 aliphatic carbocycles. The number of benzene rings is 2. The molecule has 0 saturated carbocycles. The van der Waals surface area contributed by atoms with E-state index in [1.165, 1.54) is 12.7 Å². The number of nitrogens with one attached hydrogen (secondary N) is 1. The lowest BCUT2D eigenvalue weighted by atomic mass is 10.1. The first-order chi connectivity index (χ1) is 16.1. The lowest BCUT2D eigenvalue weighted by Crippen LogP contribution is -2.43.